The van der Waals surface area contributed by atoms with Crippen LogP contribution in [0.25, 0.3) is 0 Å². The van der Waals surface area contributed by atoms with E-state index in [4.69, 9.17) is 18.9 Å². The number of rotatable bonds is 59. The summed E-state index contributed by atoms with van der Waals surface area (Å²) >= 11 is 0. The Balaban J connectivity index is 2.11. The average molecular weight is 1290 g/mol. The van der Waals surface area contributed by atoms with Gasteiger partial charge in [-0.25, -0.2) is 0 Å². The minimum absolute atomic E-state index is 0.0643. The van der Waals surface area contributed by atoms with E-state index in [0.717, 1.165) is 128 Å². The Kier molecular flexibility index (Phi) is 46.4. The van der Waals surface area contributed by atoms with Gasteiger partial charge in [0.1, 0.15) is 12.2 Å². The van der Waals surface area contributed by atoms with Gasteiger partial charge in [-0.1, -0.05) is 232 Å². The molecule has 2 rings (SSSR count). The SMILES string of the molecule is C=C(C)C(=O)NCCCCCCCCCCCCN(CCCCCCCCCCCCNC(=O)C(=C)C)C(=O)[C@H]1OC(C)(C)O[C@@H]1[C@@H]1OC(C)(C)O[C@H]1C(=O)N(CCCCCCCCCCCCNC(=O)C(=C)C)CCCCCCCCCCCCNC(=O)C(=C)C. The predicted octanol–water partition coefficient (Wildman–Crippen LogP) is 16.1. The number of ether oxygens (including phenoxy) is 4. The van der Waals surface area contributed by atoms with Crippen LogP contribution in [0.3, 0.4) is 0 Å². The van der Waals surface area contributed by atoms with Crippen LogP contribution >= 0.6 is 0 Å². The van der Waals surface area contributed by atoms with E-state index in [-0.39, 0.29) is 35.4 Å². The predicted molar refractivity (Wildman–Crippen MR) is 377 cm³/mol. The van der Waals surface area contributed by atoms with Gasteiger partial charge in [0.15, 0.2) is 23.8 Å². The highest BCUT2D eigenvalue weighted by molar-refractivity contribution is 5.93. The fraction of sp³-hybridized carbons (Fsp3) is 0.816. The van der Waals surface area contributed by atoms with Gasteiger partial charge in [0, 0.05) is 74.7 Å². The molecule has 92 heavy (non-hydrogen) atoms. The molecule has 2 heterocycles. The van der Waals surface area contributed by atoms with E-state index in [1.807, 2.05) is 37.5 Å². The van der Waals surface area contributed by atoms with Crippen molar-refractivity contribution >= 4 is 35.4 Å². The van der Waals surface area contributed by atoms with Crippen LogP contribution < -0.4 is 21.3 Å². The molecule has 0 aromatic heterocycles. The number of amides is 6. The maximum atomic E-state index is 15.2. The maximum absolute atomic E-state index is 15.2. The van der Waals surface area contributed by atoms with E-state index in [1.165, 1.54) is 128 Å². The lowest BCUT2D eigenvalue weighted by Gasteiger charge is -2.31. The fourth-order valence-electron chi connectivity index (χ4n) is 12.2. The molecule has 0 aliphatic carbocycles. The summed E-state index contributed by atoms with van der Waals surface area (Å²) in [6.45, 7) is 34.5. The zero-order chi connectivity index (χ0) is 67.8. The molecule has 0 bridgehead atoms. The third kappa shape index (κ3) is 40.1. The lowest BCUT2D eigenvalue weighted by Crippen LogP contribution is -2.54. The number of hydrogen-bond donors (Lipinski definition) is 4. The van der Waals surface area contributed by atoms with Gasteiger partial charge in [-0.15, -0.1) is 0 Å². The van der Waals surface area contributed by atoms with Crippen LogP contribution in [-0.4, -0.2) is 134 Å². The van der Waals surface area contributed by atoms with Crippen molar-refractivity contribution in [3.8, 4) is 0 Å². The number of carbonyl (C=O) groups excluding carboxylic acids is 6. The summed E-state index contributed by atoms with van der Waals surface area (Å²) in [6.07, 6.45) is 40.7. The Morgan fingerprint density at radius 1 is 0.283 bits per heavy atom. The minimum Gasteiger partial charge on any atom is -0.352 e. The maximum Gasteiger partial charge on any atom is 0.254 e. The third-order valence-corrected chi connectivity index (χ3v) is 17.8. The molecule has 2 aliphatic rings. The van der Waals surface area contributed by atoms with Gasteiger partial charge in [-0.3, -0.25) is 28.8 Å². The largest absolute Gasteiger partial charge is 0.352 e. The molecule has 530 valence electrons. The molecule has 0 spiro atoms. The minimum atomic E-state index is -1.09. The van der Waals surface area contributed by atoms with Crippen molar-refractivity contribution in [3.05, 3.63) is 48.6 Å². The summed E-state index contributed by atoms with van der Waals surface area (Å²) < 4.78 is 26.6. The zero-order valence-electron chi connectivity index (χ0n) is 60.1. The molecule has 6 amide bonds. The average Bonchev–Trinajstić information content (AvgIpc) is 1.61. The molecule has 2 aliphatic heterocycles. The van der Waals surface area contributed by atoms with E-state index in [1.54, 1.807) is 27.7 Å². The zero-order valence-corrected chi connectivity index (χ0v) is 60.1. The summed E-state index contributed by atoms with van der Waals surface area (Å²) in [5, 5.41) is 11.7. The van der Waals surface area contributed by atoms with Crippen molar-refractivity contribution in [1.82, 2.24) is 31.1 Å². The van der Waals surface area contributed by atoms with Gasteiger partial charge in [-0.2, -0.15) is 0 Å². The van der Waals surface area contributed by atoms with Crippen molar-refractivity contribution in [1.29, 1.82) is 0 Å². The molecule has 4 N–H and O–H groups in total. The number of hydrogen-bond acceptors (Lipinski definition) is 10. The highest BCUT2D eigenvalue weighted by Crippen LogP contribution is 2.40. The van der Waals surface area contributed by atoms with Crippen molar-refractivity contribution in [2.45, 2.75) is 348 Å². The highest BCUT2D eigenvalue weighted by atomic mass is 16.8. The Bertz CT molecular complexity index is 1880. The van der Waals surface area contributed by atoms with E-state index in [2.05, 4.69) is 47.6 Å². The molecule has 0 aromatic rings. The van der Waals surface area contributed by atoms with E-state index in [9.17, 15) is 19.2 Å². The summed E-state index contributed by atoms with van der Waals surface area (Å²) in [5.74, 6) is -2.65. The van der Waals surface area contributed by atoms with Crippen molar-refractivity contribution < 1.29 is 47.7 Å². The molecule has 16 heteroatoms. The van der Waals surface area contributed by atoms with Gasteiger partial charge in [0.25, 0.3) is 11.8 Å². The standard InChI is InChI=1S/C76H136N6O10/c1-61(2)69(83)77-53-45-37-29-21-13-17-25-33-41-49-57-81(58-50-42-34-26-18-14-22-30-38-46-54-78-70(84)62(3)4)73(87)67-65(89-75(9,10)91-67)66-68(92-76(11,12)90-66)74(88)82(59-51-43-35-27-19-15-23-31-39-47-55-79-71(85)63(5)6)60-52-44-36-28-20-16-24-32-40-48-56-80-72(86)64(7)8/h65-68H,1,3,5,7,13-60H2,2,4,6,8-12H3,(H,77,83)(H,78,84)(H,79,85)(H,80,86)/t65-,66+,67+,68-. The number of nitrogens with one attached hydrogen (secondary N) is 4. The van der Waals surface area contributed by atoms with E-state index in [0.29, 0.717) is 74.7 Å². The van der Waals surface area contributed by atoms with Crippen LogP contribution in [0.2, 0.25) is 0 Å². The summed E-state index contributed by atoms with van der Waals surface area (Å²) in [5.41, 5.74) is 2.19. The molecule has 0 saturated carbocycles. The lowest BCUT2D eigenvalue weighted by molar-refractivity contribution is -0.176. The first-order valence-electron chi connectivity index (χ1n) is 37.1. The van der Waals surface area contributed by atoms with Gasteiger partial charge in [0.05, 0.1) is 0 Å². The van der Waals surface area contributed by atoms with E-state index < -0.39 is 36.0 Å². The molecule has 2 fully saturated rings. The normalized spacial score (nSPS) is 17.3. The summed E-state index contributed by atoms with van der Waals surface area (Å²) in [7, 11) is 0. The Morgan fingerprint density at radius 2 is 0.446 bits per heavy atom. The van der Waals surface area contributed by atoms with E-state index >= 15 is 9.59 Å². The quantitative estimate of drug-likeness (QED) is 0.0336. The number of carbonyl (C=O) groups is 6. The fourth-order valence-corrected chi connectivity index (χ4v) is 12.2. The van der Waals surface area contributed by atoms with Gasteiger partial charge < -0.3 is 50.0 Å². The van der Waals surface area contributed by atoms with Crippen LogP contribution in [0.5, 0.6) is 0 Å². The van der Waals surface area contributed by atoms with Crippen LogP contribution in [0.1, 0.15) is 312 Å². The van der Waals surface area contributed by atoms with Crippen LogP contribution in [0, 0.1) is 0 Å². The smallest absolute Gasteiger partial charge is 0.254 e. The molecule has 4 atom stereocenters. The summed E-state index contributed by atoms with van der Waals surface area (Å²) in [6, 6.07) is 0. The summed E-state index contributed by atoms with van der Waals surface area (Å²) in [4.78, 5) is 81.4. The second kappa shape index (κ2) is 51.0. The van der Waals surface area contributed by atoms with Gasteiger partial charge in [-0.05, 0) is 107 Å². The number of unbranched alkanes of at least 4 members (excludes halogenated alkanes) is 36. The van der Waals surface area contributed by atoms with Gasteiger partial charge in [0.2, 0.25) is 23.6 Å². The Labute approximate surface area is 560 Å². The lowest BCUT2D eigenvalue weighted by atomic mass is 10.00. The van der Waals surface area contributed by atoms with Gasteiger partial charge >= 0.3 is 0 Å². The molecule has 0 radical (unpaired) electrons. The van der Waals surface area contributed by atoms with Crippen LogP contribution in [0.4, 0.5) is 0 Å². The molecule has 0 unspecified atom stereocenters. The van der Waals surface area contributed by atoms with Crippen LogP contribution in [-0.2, 0) is 47.7 Å². The van der Waals surface area contributed by atoms with Crippen molar-refractivity contribution in [2.75, 3.05) is 52.4 Å². The Hall–Kier alpha value is -4.38. The first-order chi connectivity index (χ1) is 44.1. The molecular formula is C76H136N6O10. The second-order valence-electron chi connectivity index (χ2n) is 28.0. The molecular weight excluding hydrogens is 1160 g/mol. The first-order valence-corrected chi connectivity index (χ1v) is 37.1. The van der Waals surface area contributed by atoms with Crippen molar-refractivity contribution in [3.63, 3.8) is 0 Å². The Morgan fingerprint density at radius 3 is 0.620 bits per heavy atom. The first kappa shape index (κ1) is 83.7. The second-order valence-corrected chi connectivity index (χ2v) is 28.0. The highest BCUT2D eigenvalue weighted by Gasteiger charge is 2.58. The van der Waals surface area contributed by atoms with Crippen LogP contribution in [0.15, 0.2) is 48.6 Å². The topological polar surface area (TPSA) is 194 Å². The molecule has 2 saturated heterocycles. The monoisotopic (exact) mass is 1290 g/mol. The number of nitrogens with zero attached hydrogens (tertiary/aromatic N) is 2. The molecule has 16 nitrogen and oxygen atoms in total. The molecule has 0 aromatic carbocycles. The third-order valence-electron chi connectivity index (χ3n) is 17.8. The van der Waals surface area contributed by atoms with Crippen molar-refractivity contribution in [2.24, 2.45) is 0 Å².